The molecule has 2 rings (SSSR count). The van der Waals surface area contributed by atoms with Gasteiger partial charge in [-0.05, 0) is 39.7 Å². The Morgan fingerprint density at radius 1 is 1.27 bits per heavy atom. The molecular weight excluding hydrogens is 438 g/mol. The van der Waals surface area contributed by atoms with Crippen molar-refractivity contribution in [3.63, 3.8) is 0 Å². The predicted molar refractivity (Wildman–Crippen MR) is 115 cm³/mol. The van der Waals surface area contributed by atoms with Crippen molar-refractivity contribution in [1.29, 1.82) is 0 Å². The van der Waals surface area contributed by atoms with Gasteiger partial charge in [-0.25, -0.2) is 9.59 Å². The lowest BCUT2D eigenvalue weighted by Gasteiger charge is -2.19. The summed E-state index contributed by atoms with van der Waals surface area (Å²) in [5.74, 6) is -1.74. The molecule has 1 fully saturated rings. The number of esters is 1. The Balaban J connectivity index is 1.91. The fraction of sp³-hybridized carbons (Fsp3) is 0.667. The van der Waals surface area contributed by atoms with E-state index in [1.54, 1.807) is 20.8 Å². The number of anilines is 1. The second-order valence-electron chi connectivity index (χ2n) is 8.72. The van der Waals surface area contributed by atoms with Crippen LogP contribution >= 0.6 is 0 Å². The minimum atomic E-state index is -0.919. The van der Waals surface area contributed by atoms with Crippen molar-refractivity contribution in [2.75, 3.05) is 18.5 Å². The number of hydrogen-bond acceptors (Lipinski definition) is 9. The quantitative estimate of drug-likeness (QED) is 0.339. The van der Waals surface area contributed by atoms with Crippen LogP contribution in [0.5, 0.6) is 0 Å². The van der Waals surface area contributed by atoms with Crippen molar-refractivity contribution in [1.82, 2.24) is 9.55 Å². The van der Waals surface area contributed by atoms with E-state index < -0.39 is 41.7 Å². The average Bonchev–Trinajstić information content (AvgIpc) is 3.11. The molecule has 1 saturated heterocycles. The molecule has 3 N–H and O–H groups in total. The largest absolute Gasteiger partial charge is 0.481 e. The number of carboxylic acids is 1. The number of unbranched alkanes of at least 4 members (excludes halogenated alkanes) is 1. The Kier molecular flexibility index (Phi) is 9.35. The van der Waals surface area contributed by atoms with Crippen LogP contribution in [0, 0.1) is 5.92 Å². The number of aliphatic hydroxyl groups is 1. The number of carboxylic acid groups (broad SMARTS) is 1. The van der Waals surface area contributed by atoms with E-state index in [2.05, 4.69) is 10.3 Å². The summed E-state index contributed by atoms with van der Waals surface area (Å²) >= 11 is 0. The lowest BCUT2D eigenvalue weighted by molar-refractivity contribution is -0.150. The third kappa shape index (κ3) is 8.81. The van der Waals surface area contributed by atoms with Gasteiger partial charge in [-0.3, -0.25) is 19.5 Å². The highest BCUT2D eigenvalue weighted by molar-refractivity contribution is 5.83. The van der Waals surface area contributed by atoms with Crippen LogP contribution in [0.4, 0.5) is 10.6 Å². The van der Waals surface area contributed by atoms with E-state index in [-0.39, 0.29) is 37.8 Å². The van der Waals surface area contributed by atoms with Gasteiger partial charge in [0.05, 0.1) is 6.10 Å². The predicted octanol–water partition coefficient (Wildman–Crippen LogP) is 1.67. The first-order valence-electron chi connectivity index (χ1n) is 10.7. The zero-order chi connectivity index (χ0) is 24.6. The number of nitrogens with zero attached hydrogens (tertiary/aromatic N) is 2. The number of rotatable bonds is 10. The van der Waals surface area contributed by atoms with E-state index in [1.807, 2.05) is 0 Å². The standard InChI is InChI=1S/C21H31N3O9/c1-21(2,3)33-20(30)23-15-8-9-24(19(29)22-15)16-10-13(11-25)14(32-16)12-31-18(28)7-5-4-6-17(26)27/h8-9,13-14,16,25H,4-7,10-12H2,1-3H3,(H,26,27)(H,22,23,29,30). The maximum atomic E-state index is 12.4. The van der Waals surface area contributed by atoms with Gasteiger partial charge in [-0.2, -0.15) is 4.98 Å². The Morgan fingerprint density at radius 3 is 2.58 bits per heavy atom. The van der Waals surface area contributed by atoms with E-state index in [9.17, 15) is 24.3 Å². The number of carbonyl (C=O) groups is 3. The summed E-state index contributed by atoms with van der Waals surface area (Å²) in [6.45, 7) is 4.80. The highest BCUT2D eigenvalue weighted by Crippen LogP contribution is 2.32. The monoisotopic (exact) mass is 469 g/mol. The van der Waals surface area contributed by atoms with Crippen LogP contribution in [0.25, 0.3) is 0 Å². The van der Waals surface area contributed by atoms with Crippen molar-refractivity contribution in [3.8, 4) is 0 Å². The molecule has 12 heteroatoms. The van der Waals surface area contributed by atoms with Gasteiger partial charge in [-0.1, -0.05) is 0 Å². The van der Waals surface area contributed by atoms with Crippen LogP contribution in [0.15, 0.2) is 17.1 Å². The van der Waals surface area contributed by atoms with E-state index in [0.717, 1.165) is 0 Å². The van der Waals surface area contributed by atoms with Crippen LogP contribution in [0.2, 0.25) is 0 Å². The van der Waals surface area contributed by atoms with Gasteiger partial charge in [0, 0.05) is 38.0 Å². The second-order valence-corrected chi connectivity index (χ2v) is 8.72. The summed E-state index contributed by atoms with van der Waals surface area (Å²) in [5, 5.41) is 20.7. The molecule has 3 unspecified atom stereocenters. The minimum Gasteiger partial charge on any atom is -0.481 e. The molecule has 0 radical (unpaired) electrons. The number of carbonyl (C=O) groups excluding carboxylic acids is 2. The van der Waals surface area contributed by atoms with Crippen molar-refractivity contribution in [2.45, 2.75) is 70.8 Å². The second kappa shape index (κ2) is 11.8. The highest BCUT2D eigenvalue weighted by Gasteiger charge is 2.37. The van der Waals surface area contributed by atoms with Crippen LogP contribution in [-0.2, 0) is 23.8 Å². The molecule has 0 aromatic carbocycles. The van der Waals surface area contributed by atoms with Gasteiger partial charge in [0.25, 0.3) is 0 Å². The normalized spacial score (nSPS) is 20.3. The SMILES string of the molecule is CC(C)(C)OC(=O)Nc1ccn(C2CC(CO)C(COC(=O)CCCCC(=O)O)O2)c(=O)n1. The zero-order valence-electron chi connectivity index (χ0n) is 19.0. The number of hydrogen-bond donors (Lipinski definition) is 3. The molecule has 0 bridgehead atoms. The maximum absolute atomic E-state index is 12.4. The number of nitrogens with one attached hydrogen (secondary N) is 1. The van der Waals surface area contributed by atoms with Crippen LogP contribution in [-0.4, -0.2) is 62.7 Å². The molecule has 1 amide bonds. The van der Waals surface area contributed by atoms with Crippen LogP contribution < -0.4 is 11.0 Å². The first kappa shape index (κ1) is 26.3. The highest BCUT2D eigenvalue weighted by atomic mass is 16.6. The zero-order valence-corrected chi connectivity index (χ0v) is 19.0. The fourth-order valence-corrected chi connectivity index (χ4v) is 3.23. The molecule has 1 aliphatic rings. The number of aromatic nitrogens is 2. The summed E-state index contributed by atoms with van der Waals surface area (Å²) in [6, 6.07) is 1.42. The van der Waals surface area contributed by atoms with Gasteiger partial charge in [-0.15, -0.1) is 0 Å². The lowest BCUT2D eigenvalue weighted by atomic mass is 10.0. The molecule has 2 heterocycles. The summed E-state index contributed by atoms with van der Waals surface area (Å²) < 4.78 is 17.4. The van der Waals surface area contributed by atoms with Crippen molar-refractivity contribution >= 4 is 23.8 Å². The Hall–Kier alpha value is -2.99. The van der Waals surface area contributed by atoms with Crippen LogP contribution in [0.1, 0.15) is 59.1 Å². The molecule has 1 aliphatic heterocycles. The van der Waals surface area contributed by atoms with Gasteiger partial charge in [0.15, 0.2) is 0 Å². The molecule has 33 heavy (non-hydrogen) atoms. The van der Waals surface area contributed by atoms with E-state index in [0.29, 0.717) is 19.3 Å². The molecule has 1 aromatic rings. The smallest absolute Gasteiger partial charge is 0.413 e. The first-order valence-corrected chi connectivity index (χ1v) is 10.7. The summed E-state index contributed by atoms with van der Waals surface area (Å²) in [4.78, 5) is 50.5. The maximum Gasteiger partial charge on any atom is 0.413 e. The topological polar surface area (TPSA) is 166 Å². The Labute approximate surface area is 190 Å². The molecule has 0 aliphatic carbocycles. The van der Waals surface area contributed by atoms with Crippen molar-refractivity contribution < 1.29 is 38.8 Å². The van der Waals surface area contributed by atoms with E-state index in [1.165, 1.54) is 16.8 Å². The van der Waals surface area contributed by atoms with Gasteiger partial charge >= 0.3 is 23.7 Å². The third-order valence-electron chi connectivity index (χ3n) is 4.80. The Bertz CT molecular complexity index is 894. The molecule has 0 spiro atoms. The van der Waals surface area contributed by atoms with E-state index >= 15 is 0 Å². The summed E-state index contributed by atoms with van der Waals surface area (Å²) in [6.07, 6.45) is 0.481. The van der Waals surface area contributed by atoms with Crippen molar-refractivity contribution in [3.05, 3.63) is 22.7 Å². The van der Waals surface area contributed by atoms with Crippen LogP contribution in [0.3, 0.4) is 0 Å². The van der Waals surface area contributed by atoms with Crippen molar-refractivity contribution in [2.24, 2.45) is 5.92 Å². The van der Waals surface area contributed by atoms with Gasteiger partial charge < -0.3 is 24.4 Å². The third-order valence-corrected chi connectivity index (χ3v) is 4.80. The van der Waals surface area contributed by atoms with Gasteiger partial charge in [0.2, 0.25) is 0 Å². The van der Waals surface area contributed by atoms with E-state index in [4.69, 9.17) is 19.3 Å². The minimum absolute atomic E-state index is 0.0118. The van der Waals surface area contributed by atoms with Gasteiger partial charge in [0.1, 0.15) is 24.3 Å². The fourth-order valence-electron chi connectivity index (χ4n) is 3.23. The number of amides is 1. The Morgan fingerprint density at radius 2 is 1.97 bits per heavy atom. The average molecular weight is 469 g/mol. The summed E-state index contributed by atoms with van der Waals surface area (Å²) in [5.41, 5.74) is -1.37. The molecule has 1 aromatic heterocycles. The number of aliphatic hydroxyl groups excluding tert-OH is 1. The first-order chi connectivity index (χ1) is 15.5. The molecule has 184 valence electrons. The molecule has 12 nitrogen and oxygen atoms in total. The molecular formula is C21H31N3O9. The molecule has 3 atom stereocenters. The summed E-state index contributed by atoms with van der Waals surface area (Å²) in [7, 11) is 0. The molecule has 0 saturated carbocycles. The number of aliphatic carboxylic acids is 1. The number of ether oxygens (including phenoxy) is 3. The lowest BCUT2D eigenvalue weighted by Crippen LogP contribution is -2.31.